The number of anilines is 1. The predicted molar refractivity (Wildman–Crippen MR) is 108 cm³/mol. The molecule has 2 aromatic carbocycles. The van der Waals surface area contributed by atoms with Gasteiger partial charge in [0.15, 0.2) is 18.1 Å². The van der Waals surface area contributed by atoms with Gasteiger partial charge in [0.25, 0.3) is 5.91 Å². The molecule has 1 aromatic heterocycles. The van der Waals surface area contributed by atoms with Crippen molar-refractivity contribution < 1.29 is 23.8 Å². The summed E-state index contributed by atoms with van der Waals surface area (Å²) in [4.78, 5) is 25.1. The highest BCUT2D eigenvalue weighted by Crippen LogP contribution is 2.33. The molecule has 28 heavy (non-hydrogen) atoms. The van der Waals surface area contributed by atoms with Crippen LogP contribution >= 0.6 is 11.3 Å². The van der Waals surface area contributed by atoms with Crippen molar-refractivity contribution in [3.8, 4) is 11.5 Å². The molecule has 2 heterocycles. The minimum Gasteiger partial charge on any atom is -0.490 e. The van der Waals surface area contributed by atoms with E-state index in [-0.39, 0.29) is 6.61 Å². The van der Waals surface area contributed by atoms with Crippen LogP contribution in [0, 0.1) is 6.92 Å². The highest BCUT2D eigenvalue weighted by Gasteiger charge is 2.18. The number of benzene rings is 2. The van der Waals surface area contributed by atoms with Gasteiger partial charge in [-0.25, -0.2) is 4.79 Å². The first kappa shape index (κ1) is 18.3. The van der Waals surface area contributed by atoms with Crippen molar-refractivity contribution in [1.82, 2.24) is 0 Å². The van der Waals surface area contributed by atoms with Gasteiger partial charge in [-0.15, -0.1) is 11.3 Å². The minimum absolute atomic E-state index is 0.360. The standard InChI is InChI=1S/C21H19NO5S/c1-13-15-5-2-3-6-18(15)28-20(13)21(24)27-12-19(23)22-14-7-8-16-17(11-14)26-10-4-9-25-16/h2-3,5-8,11H,4,9-10,12H2,1H3,(H,22,23). The van der Waals surface area contributed by atoms with Crippen molar-refractivity contribution in [2.24, 2.45) is 0 Å². The Balaban J connectivity index is 1.38. The molecule has 0 fully saturated rings. The summed E-state index contributed by atoms with van der Waals surface area (Å²) in [7, 11) is 0. The summed E-state index contributed by atoms with van der Waals surface area (Å²) in [6.45, 7) is 2.69. The molecule has 0 atom stereocenters. The highest BCUT2D eigenvalue weighted by molar-refractivity contribution is 7.21. The smallest absolute Gasteiger partial charge is 0.349 e. The lowest BCUT2D eigenvalue weighted by Gasteiger charge is -2.10. The molecule has 0 saturated heterocycles. The maximum absolute atomic E-state index is 12.4. The van der Waals surface area contributed by atoms with E-state index >= 15 is 0 Å². The van der Waals surface area contributed by atoms with Gasteiger partial charge < -0.3 is 19.5 Å². The van der Waals surface area contributed by atoms with E-state index in [4.69, 9.17) is 14.2 Å². The molecule has 0 saturated carbocycles. The Morgan fingerprint density at radius 1 is 1.11 bits per heavy atom. The van der Waals surface area contributed by atoms with Crippen molar-refractivity contribution in [2.45, 2.75) is 13.3 Å². The summed E-state index contributed by atoms with van der Waals surface area (Å²) in [6, 6.07) is 13.0. The topological polar surface area (TPSA) is 73.9 Å². The number of thiophene rings is 1. The normalized spacial score (nSPS) is 13.0. The van der Waals surface area contributed by atoms with E-state index in [0.29, 0.717) is 35.3 Å². The van der Waals surface area contributed by atoms with Gasteiger partial charge in [-0.3, -0.25) is 4.79 Å². The summed E-state index contributed by atoms with van der Waals surface area (Å²) in [5.41, 5.74) is 1.43. The third-order valence-electron chi connectivity index (χ3n) is 4.39. The quantitative estimate of drug-likeness (QED) is 0.669. The first-order chi connectivity index (χ1) is 13.6. The monoisotopic (exact) mass is 397 g/mol. The fourth-order valence-electron chi connectivity index (χ4n) is 3.00. The molecule has 1 N–H and O–H groups in total. The van der Waals surface area contributed by atoms with Crippen molar-refractivity contribution in [2.75, 3.05) is 25.1 Å². The first-order valence-corrected chi connectivity index (χ1v) is 9.78. The van der Waals surface area contributed by atoms with Crippen LogP contribution in [-0.4, -0.2) is 31.7 Å². The Hall–Kier alpha value is -3.06. The van der Waals surface area contributed by atoms with Gasteiger partial charge in [0.1, 0.15) is 4.88 Å². The summed E-state index contributed by atoms with van der Waals surface area (Å²) >= 11 is 1.37. The number of nitrogens with one attached hydrogen (secondary N) is 1. The van der Waals surface area contributed by atoms with Gasteiger partial charge in [0.05, 0.1) is 13.2 Å². The van der Waals surface area contributed by atoms with Crippen molar-refractivity contribution in [3.63, 3.8) is 0 Å². The van der Waals surface area contributed by atoms with E-state index in [2.05, 4.69) is 5.32 Å². The number of aryl methyl sites for hydroxylation is 1. The molecule has 0 aliphatic carbocycles. The molecule has 0 unspecified atom stereocenters. The van der Waals surface area contributed by atoms with Crippen molar-refractivity contribution in [1.29, 1.82) is 0 Å². The number of hydrogen-bond donors (Lipinski definition) is 1. The molecule has 1 amide bonds. The molecule has 3 aromatic rings. The van der Waals surface area contributed by atoms with Gasteiger partial charge in [0, 0.05) is 22.9 Å². The average molecular weight is 397 g/mol. The second-order valence-corrected chi connectivity index (χ2v) is 7.44. The zero-order chi connectivity index (χ0) is 19.5. The lowest BCUT2D eigenvalue weighted by atomic mass is 10.1. The Bertz CT molecular complexity index is 1040. The molecular weight excluding hydrogens is 378 g/mol. The zero-order valence-corrected chi connectivity index (χ0v) is 16.1. The van der Waals surface area contributed by atoms with Gasteiger partial charge in [-0.05, 0) is 36.1 Å². The van der Waals surface area contributed by atoms with Gasteiger partial charge in [-0.2, -0.15) is 0 Å². The van der Waals surface area contributed by atoms with Crippen molar-refractivity contribution in [3.05, 3.63) is 52.9 Å². The van der Waals surface area contributed by atoms with Gasteiger partial charge in [0.2, 0.25) is 0 Å². The second kappa shape index (κ2) is 7.90. The first-order valence-electron chi connectivity index (χ1n) is 8.96. The molecule has 1 aliphatic heterocycles. The fraction of sp³-hybridized carbons (Fsp3) is 0.238. The number of carbonyl (C=O) groups excluding carboxylic acids is 2. The zero-order valence-electron chi connectivity index (χ0n) is 15.3. The molecule has 7 heteroatoms. The molecule has 6 nitrogen and oxygen atoms in total. The summed E-state index contributed by atoms with van der Waals surface area (Å²) in [5, 5.41) is 3.74. The van der Waals surface area contributed by atoms with Crippen LogP contribution in [0.3, 0.4) is 0 Å². The molecule has 0 spiro atoms. The molecule has 0 bridgehead atoms. The van der Waals surface area contributed by atoms with E-state index in [0.717, 1.165) is 22.1 Å². The largest absolute Gasteiger partial charge is 0.490 e. The van der Waals surface area contributed by atoms with Crippen LogP contribution in [0.1, 0.15) is 21.7 Å². The number of rotatable bonds is 4. The van der Waals surface area contributed by atoms with Crippen LogP contribution < -0.4 is 14.8 Å². The SMILES string of the molecule is Cc1c(C(=O)OCC(=O)Nc2ccc3c(c2)OCCCO3)sc2ccccc12. The van der Waals surface area contributed by atoms with Gasteiger partial charge in [-0.1, -0.05) is 18.2 Å². The van der Waals surface area contributed by atoms with E-state index < -0.39 is 11.9 Å². The van der Waals surface area contributed by atoms with Crippen LogP contribution in [0.4, 0.5) is 5.69 Å². The highest BCUT2D eigenvalue weighted by atomic mass is 32.1. The molecule has 1 aliphatic rings. The van der Waals surface area contributed by atoms with E-state index in [1.165, 1.54) is 11.3 Å². The fourth-order valence-corrected chi connectivity index (χ4v) is 4.11. The van der Waals surface area contributed by atoms with E-state index in [1.807, 2.05) is 31.2 Å². The van der Waals surface area contributed by atoms with Crippen LogP contribution in [0.2, 0.25) is 0 Å². The predicted octanol–water partition coefficient (Wildman–Crippen LogP) is 4.17. The molecular formula is C21H19NO5S. The summed E-state index contributed by atoms with van der Waals surface area (Å²) in [5.74, 6) is 0.337. The summed E-state index contributed by atoms with van der Waals surface area (Å²) in [6.07, 6.45) is 0.809. The van der Waals surface area contributed by atoms with Crippen LogP contribution in [0.15, 0.2) is 42.5 Å². The maximum atomic E-state index is 12.4. The number of fused-ring (bicyclic) bond motifs is 2. The average Bonchev–Trinajstić information content (AvgIpc) is 2.88. The van der Waals surface area contributed by atoms with Gasteiger partial charge >= 0.3 is 5.97 Å². The number of hydrogen-bond acceptors (Lipinski definition) is 6. The lowest BCUT2D eigenvalue weighted by molar-refractivity contribution is -0.119. The van der Waals surface area contributed by atoms with Crippen LogP contribution in [0.5, 0.6) is 11.5 Å². The third-order valence-corrected chi connectivity index (χ3v) is 5.65. The second-order valence-electron chi connectivity index (χ2n) is 6.39. The van der Waals surface area contributed by atoms with Crippen LogP contribution in [0.25, 0.3) is 10.1 Å². The molecule has 0 radical (unpaired) electrons. The Morgan fingerprint density at radius 3 is 2.71 bits per heavy atom. The Morgan fingerprint density at radius 2 is 1.89 bits per heavy atom. The Labute approximate surface area is 166 Å². The number of ether oxygens (including phenoxy) is 3. The number of esters is 1. The maximum Gasteiger partial charge on any atom is 0.349 e. The Kier molecular flexibility index (Phi) is 5.16. The van der Waals surface area contributed by atoms with E-state index in [9.17, 15) is 9.59 Å². The van der Waals surface area contributed by atoms with Crippen LogP contribution in [-0.2, 0) is 9.53 Å². The summed E-state index contributed by atoms with van der Waals surface area (Å²) < 4.78 is 17.4. The lowest BCUT2D eigenvalue weighted by Crippen LogP contribution is -2.20. The molecule has 4 rings (SSSR count). The number of carbonyl (C=O) groups is 2. The van der Waals surface area contributed by atoms with E-state index in [1.54, 1.807) is 18.2 Å². The molecule has 144 valence electrons. The van der Waals surface area contributed by atoms with Crippen molar-refractivity contribution >= 4 is 39.0 Å². The minimum atomic E-state index is -0.493. The third kappa shape index (κ3) is 3.80. The number of amides is 1.